The molecule has 0 radical (unpaired) electrons. The number of ketones is 1. The maximum atomic E-state index is 11.5. The Morgan fingerprint density at radius 2 is 2.18 bits per heavy atom. The normalized spacial score (nSPS) is 14.1. The molecular weight excluding hydrogens is 298 g/mol. The van der Waals surface area contributed by atoms with E-state index in [4.69, 9.17) is 4.74 Å². The summed E-state index contributed by atoms with van der Waals surface area (Å²) in [6, 6.07) is 5.54. The van der Waals surface area contributed by atoms with Crippen LogP contribution in [0.2, 0.25) is 0 Å². The molecule has 1 aromatic carbocycles. The molecule has 1 aromatic heterocycles. The van der Waals surface area contributed by atoms with E-state index in [-0.39, 0.29) is 5.78 Å². The van der Waals surface area contributed by atoms with Crippen molar-refractivity contribution in [1.82, 2.24) is 14.8 Å². The third kappa shape index (κ3) is 3.02. The van der Waals surface area contributed by atoms with Crippen molar-refractivity contribution in [3.05, 3.63) is 35.2 Å². The number of Topliss-reactive ketones (excluding diaryl/α,β-unsaturated/α-hetero) is 1. The lowest BCUT2D eigenvalue weighted by atomic mass is 10.1. The summed E-state index contributed by atoms with van der Waals surface area (Å²) in [6.45, 7) is 1.57. The summed E-state index contributed by atoms with van der Waals surface area (Å²) in [7, 11) is 3.66. The van der Waals surface area contributed by atoms with Gasteiger partial charge in [0.1, 0.15) is 11.6 Å². The van der Waals surface area contributed by atoms with Crippen molar-refractivity contribution in [2.75, 3.05) is 7.11 Å². The van der Waals surface area contributed by atoms with Crippen LogP contribution in [0.1, 0.15) is 47.4 Å². The summed E-state index contributed by atoms with van der Waals surface area (Å²) in [4.78, 5) is 11.5. The van der Waals surface area contributed by atoms with Gasteiger partial charge in [0.15, 0.2) is 10.9 Å². The molecule has 1 heterocycles. The zero-order valence-electron chi connectivity index (χ0n) is 13.0. The van der Waals surface area contributed by atoms with E-state index >= 15 is 0 Å². The number of carbonyl (C=O) groups excluding carboxylic acids is 1. The van der Waals surface area contributed by atoms with Crippen LogP contribution in [0.3, 0.4) is 0 Å². The van der Waals surface area contributed by atoms with Crippen LogP contribution in [0.15, 0.2) is 23.4 Å². The quantitative estimate of drug-likeness (QED) is 0.605. The van der Waals surface area contributed by atoms with E-state index in [1.807, 2.05) is 19.2 Å². The fourth-order valence-corrected chi connectivity index (χ4v) is 3.30. The van der Waals surface area contributed by atoms with Crippen LogP contribution in [0, 0.1) is 0 Å². The second-order valence-electron chi connectivity index (χ2n) is 5.55. The number of thioether (sulfide) groups is 1. The van der Waals surface area contributed by atoms with Gasteiger partial charge in [-0.15, -0.1) is 10.2 Å². The first-order valence-corrected chi connectivity index (χ1v) is 8.28. The molecule has 0 N–H and O–H groups in total. The molecule has 5 nitrogen and oxygen atoms in total. The number of ether oxygens (including phenoxy) is 1. The van der Waals surface area contributed by atoms with E-state index < -0.39 is 0 Å². The fraction of sp³-hybridized carbons (Fsp3) is 0.438. The standard InChI is InChI=1S/C16H19N3O2S/c1-10(20)12-6-7-14(21-3)13(8-12)9-22-16-18-17-15(19(16)2)11-4-5-11/h6-8,11H,4-5,9H2,1-3H3. The van der Waals surface area contributed by atoms with E-state index in [0.29, 0.717) is 17.2 Å². The average molecular weight is 317 g/mol. The molecule has 0 unspecified atom stereocenters. The lowest BCUT2D eigenvalue weighted by Gasteiger charge is -2.09. The summed E-state index contributed by atoms with van der Waals surface area (Å²) in [5.74, 6) is 3.21. The maximum Gasteiger partial charge on any atom is 0.191 e. The Labute approximate surface area is 134 Å². The number of nitrogens with zero attached hydrogens (tertiary/aromatic N) is 3. The second kappa shape index (κ2) is 6.12. The number of methoxy groups -OCH3 is 1. The molecule has 2 aromatic rings. The highest BCUT2D eigenvalue weighted by Gasteiger charge is 2.29. The summed E-state index contributed by atoms with van der Waals surface area (Å²) in [5.41, 5.74) is 1.70. The van der Waals surface area contributed by atoms with E-state index in [9.17, 15) is 4.79 Å². The average Bonchev–Trinajstić information content (AvgIpc) is 3.29. The number of aromatic nitrogens is 3. The summed E-state index contributed by atoms with van der Waals surface area (Å²) < 4.78 is 7.46. The van der Waals surface area contributed by atoms with Gasteiger partial charge < -0.3 is 9.30 Å². The first-order chi connectivity index (χ1) is 10.6. The summed E-state index contributed by atoms with van der Waals surface area (Å²) >= 11 is 1.61. The Kier molecular flexibility index (Phi) is 4.20. The minimum absolute atomic E-state index is 0.0589. The van der Waals surface area contributed by atoms with Crippen LogP contribution >= 0.6 is 11.8 Å². The minimum Gasteiger partial charge on any atom is -0.496 e. The maximum absolute atomic E-state index is 11.5. The minimum atomic E-state index is 0.0589. The van der Waals surface area contributed by atoms with Crippen molar-refractivity contribution in [3.8, 4) is 5.75 Å². The zero-order valence-corrected chi connectivity index (χ0v) is 13.8. The molecule has 0 atom stereocenters. The number of rotatable bonds is 6. The van der Waals surface area contributed by atoms with Crippen molar-refractivity contribution in [3.63, 3.8) is 0 Å². The van der Waals surface area contributed by atoms with Crippen LogP contribution in [0.5, 0.6) is 5.75 Å². The molecule has 3 rings (SSSR count). The van der Waals surface area contributed by atoms with Gasteiger partial charge in [0.25, 0.3) is 0 Å². The molecular formula is C16H19N3O2S. The lowest BCUT2D eigenvalue weighted by Crippen LogP contribution is -1.99. The highest BCUT2D eigenvalue weighted by Crippen LogP contribution is 2.40. The van der Waals surface area contributed by atoms with Gasteiger partial charge in [0.2, 0.25) is 0 Å². The van der Waals surface area contributed by atoms with E-state index in [0.717, 1.165) is 22.3 Å². The van der Waals surface area contributed by atoms with E-state index in [1.54, 1.807) is 31.9 Å². The van der Waals surface area contributed by atoms with Gasteiger partial charge >= 0.3 is 0 Å². The predicted molar refractivity (Wildman–Crippen MR) is 85.5 cm³/mol. The summed E-state index contributed by atoms with van der Waals surface area (Å²) in [5, 5.41) is 9.46. The van der Waals surface area contributed by atoms with Gasteiger partial charge in [0.05, 0.1) is 7.11 Å². The summed E-state index contributed by atoms with van der Waals surface area (Å²) in [6.07, 6.45) is 2.43. The first kappa shape index (κ1) is 15.1. The highest BCUT2D eigenvalue weighted by atomic mass is 32.2. The molecule has 22 heavy (non-hydrogen) atoms. The van der Waals surface area contributed by atoms with Crippen LogP contribution in [0.25, 0.3) is 0 Å². The fourth-order valence-electron chi connectivity index (χ4n) is 2.40. The molecule has 116 valence electrons. The van der Waals surface area contributed by atoms with Gasteiger partial charge in [-0.3, -0.25) is 4.79 Å². The number of hydrogen-bond acceptors (Lipinski definition) is 5. The molecule has 0 saturated heterocycles. The lowest BCUT2D eigenvalue weighted by molar-refractivity contribution is 0.101. The smallest absolute Gasteiger partial charge is 0.191 e. The van der Waals surface area contributed by atoms with E-state index in [1.165, 1.54) is 12.8 Å². The monoisotopic (exact) mass is 317 g/mol. The van der Waals surface area contributed by atoms with Crippen molar-refractivity contribution in [1.29, 1.82) is 0 Å². The topological polar surface area (TPSA) is 57.0 Å². The Bertz CT molecular complexity index is 707. The van der Waals surface area contributed by atoms with Crippen LogP contribution < -0.4 is 4.74 Å². The Morgan fingerprint density at radius 1 is 1.41 bits per heavy atom. The molecule has 6 heteroatoms. The number of carbonyl (C=O) groups is 1. The van der Waals surface area contributed by atoms with Crippen molar-refractivity contribution in [2.24, 2.45) is 7.05 Å². The molecule has 0 amide bonds. The van der Waals surface area contributed by atoms with Gasteiger partial charge in [-0.2, -0.15) is 0 Å². The third-order valence-corrected chi connectivity index (χ3v) is 4.92. The molecule has 0 aliphatic heterocycles. The zero-order chi connectivity index (χ0) is 15.7. The SMILES string of the molecule is COc1ccc(C(C)=O)cc1CSc1nnc(C2CC2)n1C. The molecule has 1 aliphatic carbocycles. The Hall–Kier alpha value is -1.82. The molecule has 0 spiro atoms. The number of benzene rings is 1. The molecule has 0 bridgehead atoms. The van der Waals surface area contributed by atoms with Crippen LogP contribution in [-0.2, 0) is 12.8 Å². The van der Waals surface area contributed by atoms with Crippen molar-refractivity contribution >= 4 is 17.5 Å². The van der Waals surface area contributed by atoms with Gasteiger partial charge in [-0.1, -0.05) is 11.8 Å². The van der Waals surface area contributed by atoms with Gasteiger partial charge in [-0.05, 0) is 38.0 Å². The largest absolute Gasteiger partial charge is 0.496 e. The van der Waals surface area contributed by atoms with E-state index in [2.05, 4.69) is 14.8 Å². The van der Waals surface area contributed by atoms with Crippen molar-refractivity contribution < 1.29 is 9.53 Å². The second-order valence-corrected chi connectivity index (χ2v) is 6.49. The van der Waals surface area contributed by atoms with Crippen molar-refractivity contribution in [2.45, 2.75) is 36.6 Å². The Morgan fingerprint density at radius 3 is 2.82 bits per heavy atom. The predicted octanol–water partition coefficient (Wildman–Crippen LogP) is 3.20. The molecule has 1 fully saturated rings. The van der Waals surface area contributed by atoms with Gasteiger partial charge in [0, 0.05) is 29.8 Å². The highest BCUT2D eigenvalue weighted by molar-refractivity contribution is 7.98. The third-order valence-electron chi connectivity index (χ3n) is 3.85. The van der Waals surface area contributed by atoms with Crippen LogP contribution in [-0.4, -0.2) is 27.7 Å². The van der Waals surface area contributed by atoms with Crippen LogP contribution in [0.4, 0.5) is 0 Å². The number of hydrogen-bond donors (Lipinski definition) is 0. The molecule has 1 aliphatic rings. The molecule has 1 saturated carbocycles. The first-order valence-electron chi connectivity index (χ1n) is 7.30. The van der Waals surface area contributed by atoms with Gasteiger partial charge in [-0.25, -0.2) is 0 Å². The Balaban J connectivity index is 1.78.